The molecule has 0 aliphatic rings. The van der Waals surface area contributed by atoms with E-state index >= 15 is 0 Å². The number of hydrogen-bond acceptors (Lipinski definition) is 4. The zero-order valence-electron chi connectivity index (χ0n) is 11.1. The van der Waals surface area contributed by atoms with E-state index in [-0.39, 0.29) is 28.5 Å². The Labute approximate surface area is 151 Å². The van der Waals surface area contributed by atoms with Gasteiger partial charge < -0.3 is 4.42 Å². The van der Waals surface area contributed by atoms with Gasteiger partial charge in [0, 0.05) is 5.56 Å². The summed E-state index contributed by atoms with van der Waals surface area (Å²) >= 11 is 13.0. The molecule has 0 unspecified atom stereocenters. The lowest BCUT2D eigenvalue weighted by Crippen LogP contribution is -2.02. The largest absolute Gasteiger partial charge is 0.431 e. The predicted molar refractivity (Wildman–Crippen MR) is 95.8 cm³/mol. The number of carbonyl (C=O) groups is 1. The van der Waals surface area contributed by atoms with E-state index in [9.17, 15) is 4.79 Å². The lowest BCUT2D eigenvalue weighted by Gasteiger charge is -2.01. The number of Topliss-reactive ketones (excluding diaryl/α,β-unsaturated/α-hetero) is 1. The number of nitrogens with zero attached hydrogens (tertiary/aromatic N) is 1. The highest BCUT2D eigenvalue weighted by molar-refractivity contribution is 8.93. The summed E-state index contributed by atoms with van der Waals surface area (Å²) in [5.74, 6) is 0.172. The van der Waals surface area contributed by atoms with E-state index in [1.807, 2.05) is 24.3 Å². The van der Waals surface area contributed by atoms with Crippen LogP contribution in [0.4, 0.5) is 0 Å². The first-order valence-electron chi connectivity index (χ1n) is 6.10. The van der Waals surface area contributed by atoms with Gasteiger partial charge in [-0.1, -0.05) is 47.1 Å². The van der Waals surface area contributed by atoms with Crippen molar-refractivity contribution in [3.05, 3.63) is 58.1 Å². The average molecular weight is 419 g/mol. The second kappa shape index (κ2) is 7.51. The molecule has 0 saturated carbocycles. The lowest BCUT2D eigenvalue weighted by atomic mass is 10.1. The number of thioether (sulfide) groups is 1. The molecule has 0 saturated heterocycles. The Balaban J connectivity index is 0.00000176. The van der Waals surface area contributed by atoms with Crippen molar-refractivity contribution in [3.8, 4) is 0 Å². The monoisotopic (exact) mass is 417 g/mol. The molecule has 7 heteroatoms. The van der Waals surface area contributed by atoms with Gasteiger partial charge in [-0.25, -0.2) is 4.98 Å². The van der Waals surface area contributed by atoms with E-state index in [0.29, 0.717) is 26.4 Å². The fourth-order valence-electron chi connectivity index (χ4n) is 1.79. The second-order valence-electron chi connectivity index (χ2n) is 4.29. The summed E-state index contributed by atoms with van der Waals surface area (Å²) in [7, 11) is 0. The number of ketones is 1. The van der Waals surface area contributed by atoms with Crippen molar-refractivity contribution in [1.82, 2.24) is 4.98 Å². The molecule has 0 aliphatic heterocycles. The zero-order chi connectivity index (χ0) is 14.8. The van der Waals surface area contributed by atoms with E-state index < -0.39 is 0 Å². The summed E-state index contributed by atoms with van der Waals surface area (Å²) < 4.78 is 5.55. The first kappa shape index (κ1) is 17.3. The molecule has 22 heavy (non-hydrogen) atoms. The molecule has 3 rings (SSSR count). The maximum Gasteiger partial charge on any atom is 0.257 e. The van der Waals surface area contributed by atoms with Gasteiger partial charge in [0.15, 0.2) is 11.4 Å². The molecule has 0 spiro atoms. The van der Waals surface area contributed by atoms with Crippen LogP contribution < -0.4 is 0 Å². The Morgan fingerprint density at radius 2 is 1.91 bits per heavy atom. The van der Waals surface area contributed by atoms with E-state index in [2.05, 4.69) is 4.98 Å². The standard InChI is InChI=1S/C15H9Cl2NO2S.BrH/c16-10-6-5-9(7-11(10)17)13(19)8-21-15-18-12-3-1-2-4-14(12)20-15;/h1-7H,8H2;1H. The van der Waals surface area contributed by atoms with E-state index in [1.54, 1.807) is 18.2 Å². The highest BCUT2D eigenvalue weighted by atomic mass is 79.9. The minimum Gasteiger partial charge on any atom is -0.431 e. The number of rotatable bonds is 4. The Hall–Kier alpha value is -1.01. The summed E-state index contributed by atoms with van der Waals surface area (Å²) in [5.41, 5.74) is 2.01. The second-order valence-corrected chi connectivity index (χ2v) is 6.03. The van der Waals surface area contributed by atoms with Gasteiger partial charge in [0.25, 0.3) is 5.22 Å². The van der Waals surface area contributed by atoms with Crippen molar-refractivity contribution < 1.29 is 9.21 Å². The number of carbonyl (C=O) groups excluding carboxylic acids is 1. The molecular weight excluding hydrogens is 409 g/mol. The summed E-state index contributed by atoms with van der Waals surface area (Å²) in [5, 5.41) is 1.28. The lowest BCUT2D eigenvalue weighted by molar-refractivity contribution is 0.102. The summed E-state index contributed by atoms with van der Waals surface area (Å²) in [4.78, 5) is 16.4. The smallest absolute Gasteiger partial charge is 0.257 e. The molecule has 3 aromatic rings. The van der Waals surface area contributed by atoms with E-state index in [0.717, 1.165) is 5.52 Å². The van der Waals surface area contributed by atoms with Gasteiger partial charge in [-0.2, -0.15) is 0 Å². The topological polar surface area (TPSA) is 43.1 Å². The van der Waals surface area contributed by atoms with Crippen LogP contribution in [0.3, 0.4) is 0 Å². The van der Waals surface area contributed by atoms with Crippen molar-refractivity contribution >= 4 is 68.8 Å². The fraction of sp³-hybridized carbons (Fsp3) is 0.0667. The highest BCUT2D eigenvalue weighted by Gasteiger charge is 2.12. The van der Waals surface area contributed by atoms with Gasteiger partial charge in [0.05, 0.1) is 15.8 Å². The highest BCUT2D eigenvalue weighted by Crippen LogP contribution is 2.26. The molecule has 1 heterocycles. The summed E-state index contributed by atoms with van der Waals surface area (Å²) in [6.45, 7) is 0. The molecule has 0 atom stereocenters. The number of halogens is 3. The van der Waals surface area contributed by atoms with Crippen molar-refractivity contribution in [2.24, 2.45) is 0 Å². The van der Waals surface area contributed by atoms with Crippen molar-refractivity contribution in [3.63, 3.8) is 0 Å². The van der Waals surface area contributed by atoms with Crippen LogP contribution in [-0.4, -0.2) is 16.5 Å². The van der Waals surface area contributed by atoms with Crippen molar-refractivity contribution in [2.45, 2.75) is 5.22 Å². The van der Waals surface area contributed by atoms with E-state index in [1.165, 1.54) is 11.8 Å². The molecule has 114 valence electrons. The number of aromatic nitrogens is 1. The Morgan fingerprint density at radius 3 is 2.64 bits per heavy atom. The maximum absolute atomic E-state index is 12.1. The molecule has 0 N–H and O–H groups in total. The predicted octanol–water partition coefficient (Wildman–Crippen LogP) is 5.69. The molecular formula is C15H10BrCl2NO2S. The average Bonchev–Trinajstić information content (AvgIpc) is 2.90. The molecule has 0 fully saturated rings. The van der Waals surface area contributed by atoms with Crippen molar-refractivity contribution in [2.75, 3.05) is 5.75 Å². The van der Waals surface area contributed by atoms with Gasteiger partial charge in [-0.05, 0) is 30.3 Å². The van der Waals surface area contributed by atoms with Crippen LogP contribution in [-0.2, 0) is 0 Å². The Morgan fingerprint density at radius 1 is 1.14 bits per heavy atom. The van der Waals surface area contributed by atoms with Crippen LogP contribution in [0, 0.1) is 0 Å². The normalized spacial score (nSPS) is 10.5. The molecule has 0 aliphatic carbocycles. The van der Waals surface area contributed by atoms with Gasteiger partial charge in [-0.3, -0.25) is 4.79 Å². The first-order chi connectivity index (χ1) is 10.1. The fourth-order valence-corrected chi connectivity index (χ4v) is 2.82. The molecule has 2 aromatic carbocycles. The Bertz CT molecular complexity index is 789. The Kier molecular flexibility index (Phi) is 5.92. The third-order valence-corrected chi connectivity index (χ3v) is 4.41. The van der Waals surface area contributed by atoms with Gasteiger partial charge in [-0.15, -0.1) is 17.0 Å². The van der Waals surface area contributed by atoms with E-state index in [4.69, 9.17) is 27.6 Å². The third-order valence-electron chi connectivity index (χ3n) is 2.84. The van der Waals surface area contributed by atoms with Crippen LogP contribution in [0.5, 0.6) is 0 Å². The van der Waals surface area contributed by atoms with Crippen LogP contribution >= 0.6 is 51.9 Å². The van der Waals surface area contributed by atoms with Gasteiger partial charge in [0.1, 0.15) is 5.52 Å². The van der Waals surface area contributed by atoms with Crippen LogP contribution in [0.1, 0.15) is 10.4 Å². The zero-order valence-corrected chi connectivity index (χ0v) is 15.1. The number of hydrogen-bond donors (Lipinski definition) is 0. The molecule has 0 amide bonds. The minimum absolute atomic E-state index is 0. The maximum atomic E-state index is 12.1. The SMILES string of the molecule is Br.O=C(CSc1nc2ccccc2o1)c1ccc(Cl)c(Cl)c1. The van der Waals surface area contributed by atoms with Crippen LogP contribution in [0.15, 0.2) is 52.1 Å². The molecule has 1 aromatic heterocycles. The first-order valence-corrected chi connectivity index (χ1v) is 7.84. The van der Waals surface area contributed by atoms with Crippen molar-refractivity contribution in [1.29, 1.82) is 0 Å². The number of benzene rings is 2. The summed E-state index contributed by atoms with van der Waals surface area (Å²) in [6.07, 6.45) is 0. The minimum atomic E-state index is -0.0548. The third kappa shape index (κ3) is 3.84. The number of oxazole rings is 1. The quantitative estimate of drug-likeness (QED) is 0.403. The number of para-hydroxylation sites is 2. The number of fused-ring (bicyclic) bond motifs is 1. The molecule has 0 bridgehead atoms. The molecule has 0 radical (unpaired) electrons. The van der Waals surface area contributed by atoms with Gasteiger partial charge >= 0.3 is 0 Å². The summed E-state index contributed by atoms with van der Waals surface area (Å²) in [6, 6.07) is 12.3. The van der Waals surface area contributed by atoms with Gasteiger partial charge in [0.2, 0.25) is 0 Å². The van der Waals surface area contributed by atoms with Crippen LogP contribution in [0.25, 0.3) is 11.1 Å². The molecule has 3 nitrogen and oxygen atoms in total. The van der Waals surface area contributed by atoms with Crippen LogP contribution in [0.2, 0.25) is 10.0 Å².